The minimum atomic E-state index is -0.0753. The number of rotatable bonds is 0. The highest BCUT2D eigenvalue weighted by molar-refractivity contribution is 9.10. The summed E-state index contributed by atoms with van der Waals surface area (Å²) in [4.78, 5) is 11.4. The second-order valence-corrected chi connectivity index (χ2v) is 5.32. The molecule has 1 amide bonds. The molecular weight excluding hydrogens is 310 g/mol. The molecule has 0 bridgehead atoms. The van der Waals surface area contributed by atoms with Crippen LogP contribution in [0.25, 0.3) is 0 Å². The lowest BCUT2D eigenvalue weighted by atomic mass is 10.1. The number of amides is 1. The van der Waals surface area contributed by atoms with Crippen molar-refractivity contribution in [1.29, 1.82) is 0 Å². The Bertz CT molecular complexity index is 378. The van der Waals surface area contributed by atoms with Crippen molar-refractivity contribution in [1.82, 2.24) is 0 Å². The molecule has 14 heavy (non-hydrogen) atoms. The average Bonchev–Trinajstić information content (AvgIpc) is 2.29. The van der Waals surface area contributed by atoms with Crippen molar-refractivity contribution in [3.05, 3.63) is 28.2 Å². The lowest BCUT2D eigenvalue weighted by Gasteiger charge is -2.06. The summed E-state index contributed by atoms with van der Waals surface area (Å²) in [7, 11) is 0. The highest BCUT2D eigenvalue weighted by Crippen LogP contribution is 2.27. The third kappa shape index (κ3) is 2.01. The number of carbonyl (C=O) groups excluding carboxylic acids is 1. The van der Waals surface area contributed by atoms with Crippen LogP contribution < -0.4 is 5.32 Å². The normalized spacial score (nSPS) is 21.0. The van der Waals surface area contributed by atoms with Crippen molar-refractivity contribution >= 4 is 43.5 Å². The number of hydrogen-bond acceptors (Lipinski definition) is 1. The van der Waals surface area contributed by atoms with Gasteiger partial charge in [0.25, 0.3) is 0 Å². The molecule has 2 nitrogen and oxygen atoms in total. The molecule has 1 atom stereocenters. The van der Waals surface area contributed by atoms with Gasteiger partial charge < -0.3 is 5.32 Å². The Hall–Kier alpha value is -0.350. The molecule has 74 valence electrons. The van der Waals surface area contributed by atoms with E-state index in [9.17, 15) is 4.79 Å². The van der Waals surface area contributed by atoms with E-state index in [4.69, 9.17) is 0 Å². The third-order valence-electron chi connectivity index (χ3n) is 2.28. The molecule has 1 heterocycles. The van der Waals surface area contributed by atoms with E-state index in [0.29, 0.717) is 0 Å². The predicted octanol–water partition coefficient (Wildman–Crippen LogP) is 3.10. The molecule has 0 saturated carbocycles. The van der Waals surface area contributed by atoms with Crippen LogP contribution in [0.4, 0.5) is 5.69 Å². The number of fused-ring (bicyclic) bond motifs is 1. The van der Waals surface area contributed by atoms with Gasteiger partial charge in [-0.05, 0) is 36.6 Å². The Balaban J connectivity index is 2.37. The topological polar surface area (TPSA) is 29.1 Å². The first-order chi connectivity index (χ1) is 6.66. The summed E-state index contributed by atoms with van der Waals surface area (Å²) in [6.45, 7) is 0. The van der Waals surface area contributed by atoms with Crippen molar-refractivity contribution in [2.24, 2.45) is 0 Å². The first-order valence-electron chi connectivity index (χ1n) is 4.40. The van der Waals surface area contributed by atoms with Crippen molar-refractivity contribution in [2.45, 2.75) is 17.7 Å². The van der Waals surface area contributed by atoms with E-state index >= 15 is 0 Å². The first-order valence-corrected chi connectivity index (χ1v) is 6.11. The Labute approximate surface area is 99.3 Å². The number of hydrogen-bond donors (Lipinski definition) is 1. The van der Waals surface area contributed by atoms with Crippen LogP contribution in [0.3, 0.4) is 0 Å². The van der Waals surface area contributed by atoms with Gasteiger partial charge in [0.2, 0.25) is 5.91 Å². The van der Waals surface area contributed by atoms with E-state index in [1.807, 2.05) is 12.1 Å². The van der Waals surface area contributed by atoms with Crippen molar-refractivity contribution in [2.75, 3.05) is 5.32 Å². The zero-order valence-corrected chi connectivity index (χ0v) is 10.6. The quantitative estimate of drug-likeness (QED) is 0.732. The van der Waals surface area contributed by atoms with Crippen LogP contribution in [-0.4, -0.2) is 10.7 Å². The molecule has 1 aliphatic rings. The zero-order valence-electron chi connectivity index (χ0n) is 7.39. The van der Waals surface area contributed by atoms with Crippen LogP contribution in [-0.2, 0) is 11.2 Å². The van der Waals surface area contributed by atoms with E-state index < -0.39 is 0 Å². The molecule has 0 radical (unpaired) electrons. The molecule has 4 heteroatoms. The summed E-state index contributed by atoms with van der Waals surface area (Å²) in [6, 6.07) is 5.93. The van der Waals surface area contributed by atoms with E-state index in [1.165, 1.54) is 5.56 Å². The van der Waals surface area contributed by atoms with E-state index in [2.05, 4.69) is 43.2 Å². The van der Waals surface area contributed by atoms with Crippen molar-refractivity contribution in [3.63, 3.8) is 0 Å². The van der Waals surface area contributed by atoms with Gasteiger partial charge in [-0.25, -0.2) is 0 Å². The van der Waals surface area contributed by atoms with Gasteiger partial charge >= 0.3 is 0 Å². The van der Waals surface area contributed by atoms with Gasteiger partial charge in [-0.2, -0.15) is 0 Å². The number of anilines is 1. The molecule has 1 N–H and O–H groups in total. The van der Waals surface area contributed by atoms with Gasteiger partial charge in [0.15, 0.2) is 0 Å². The standard InChI is InChI=1S/C10H9Br2NO/c11-7-2-4-9-6(5-7)1-3-8(12)10(14)13-9/h2,4-5,8H,1,3H2,(H,13,14)/t8-/m1/s1. The SMILES string of the molecule is O=C1Nc2ccc(Br)cc2CC[C@H]1Br. The minimum absolute atomic E-state index is 0.0473. The molecule has 1 aliphatic heterocycles. The lowest BCUT2D eigenvalue weighted by Crippen LogP contribution is -2.20. The maximum Gasteiger partial charge on any atom is 0.238 e. The number of benzene rings is 1. The van der Waals surface area contributed by atoms with Gasteiger partial charge in [-0.1, -0.05) is 31.9 Å². The molecule has 0 aromatic heterocycles. The Morgan fingerprint density at radius 1 is 1.43 bits per heavy atom. The third-order valence-corrected chi connectivity index (χ3v) is 3.64. The van der Waals surface area contributed by atoms with Gasteiger partial charge in [0.05, 0.1) is 4.83 Å². The second-order valence-electron chi connectivity index (χ2n) is 3.30. The first kappa shape index (κ1) is 10.2. The van der Waals surface area contributed by atoms with Crippen molar-refractivity contribution < 1.29 is 4.79 Å². The maximum atomic E-state index is 11.5. The van der Waals surface area contributed by atoms with Crippen LogP contribution in [0.5, 0.6) is 0 Å². The lowest BCUT2D eigenvalue weighted by molar-refractivity contribution is -0.115. The second kappa shape index (κ2) is 4.03. The molecule has 0 saturated heterocycles. The molecule has 0 unspecified atom stereocenters. The molecule has 1 aromatic rings. The van der Waals surface area contributed by atoms with E-state index in [0.717, 1.165) is 23.0 Å². The van der Waals surface area contributed by atoms with Gasteiger partial charge in [-0.3, -0.25) is 4.79 Å². The largest absolute Gasteiger partial charge is 0.325 e. The Kier molecular flexibility index (Phi) is 2.93. The minimum Gasteiger partial charge on any atom is -0.325 e. The molecule has 1 aromatic carbocycles. The van der Waals surface area contributed by atoms with Gasteiger partial charge in [-0.15, -0.1) is 0 Å². The highest BCUT2D eigenvalue weighted by Gasteiger charge is 2.20. The maximum absolute atomic E-state index is 11.5. The summed E-state index contributed by atoms with van der Waals surface area (Å²) in [5.41, 5.74) is 2.12. The number of alkyl halides is 1. The molecule has 0 spiro atoms. The highest BCUT2D eigenvalue weighted by atomic mass is 79.9. The summed E-state index contributed by atoms with van der Waals surface area (Å²) < 4.78 is 1.05. The predicted molar refractivity (Wildman–Crippen MR) is 63.8 cm³/mol. The van der Waals surface area contributed by atoms with Crippen LogP contribution in [0.15, 0.2) is 22.7 Å². The molecule has 0 aliphatic carbocycles. The van der Waals surface area contributed by atoms with Crippen molar-refractivity contribution in [3.8, 4) is 0 Å². The summed E-state index contributed by atoms with van der Waals surface area (Å²) in [5.74, 6) is 0.0473. The summed E-state index contributed by atoms with van der Waals surface area (Å²) in [6.07, 6.45) is 1.76. The fraction of sp³-hybridized carbons (Fsp3) is 0.300. The average molecular weight is 319 g/mol. The summed E-state index contributed by atoms with van der Waals surface area (Å²) in [5, 5.41) is 2.89. The van der Waals surface area contributed by atoms with E-state index in [1.54, 1.807) is 0 Å². The van der Waals surface area contributed by atoms with Crippen LogP contribution in [0.1, 0.15) is 12.0 Å². The van der Waals surface area contributed by atoms with Crippen LogP contribution >= 0.6 is 31.9 Å². The smallest absolute Gasteiger partial charge is 0.238 e. The Morgan fingerprint density at radius 2 is 2.21 bits per heavy atom. The molecular formula is C10H9Br2NO. The van der Waals surface area contributed by atoms with Crippen LogP contribution in [0.2, 0.25) is 0 Å². The van der Waals surface area contributed by atoms with Gasteiger partial charge in [0, 0.05) is 10.2 Å². The number of halogens is 2. The van der Waals surface area contributed by atoms with E-state index in [-0.39, 0.29) is 10.7 Å². The Morgan fingerprint density at radius 3 is 3.00 bits per heavy atom. The number of nitrogens with one attached hydrogen (secondary N) is 1. The summed E-state index contributed by atoms with van der Waals surface area (Å²) >= 11 is 6.78. The monoisotopic (exact) mass is 317 g/mol. The zero-order chi connectivity index (χ0) is 10.1. The van der Waals surface area contributed by atoms with Gasteiger partial charge in [0.1, 0.15) is 0 Å². The molecule has 0 fully saturated rings. The molecule has 2 rings (SSSR count). The fourth-order valence-corrected chi connectivity index (χ4v) is 2.27. The number of aryl methyl sites for hydroxylation is 1. The van der Waals surface area contributed by atoms with Crippen LogP contribution in [0, 0.1) is 0 Å². The fourth-order valence-electron chi connectivity index (χ4n) is 1.52. The number of carbonyl (C=O) groups is 1.